The van der Waals surface area contributed by atoms with Gasteiger partial charge in [-0.2, -0.15) is 0 Å². The van der Waals surface area contributed by atoms with Crippen molar-refractivity contribution < 1.29 is 19.0 Å². The van der Waals surface area contributed by atoms with Crippen molar-refractivity contribution in [2.75, 3.05) is 31.1 Å². The molecule has 3 heterocycles. The molecule has 1 aliphatic heterocycles. The molecule has 0 unspecified atom stereocenters. The molecule has 0 atom stereocenters. The largest absolute Gasteiger partial charge is 0.489 e. The monoisotopic (exact) mass is 393 g/mol. The van der Waals surface area contributed by atoms with Crippen molar-refractivity contribution in [1.29, 1.82) is 0 Å². The van der Waals surface area contributed by atoms with Crippen molar-refractivity contribution in [3.05, 3.63) is 71.2 Å². The maximum atomic E-state index is 13.0. The highest BCUT2D eigenvalue weighted by atomic mass is 16.5. The lowest BCUT2D eigenvalue weighted by atomic mass is 10.1. The molecular weight excluding hydrogens is 368 g/mol. The Morgan fingerprint density at radius 1 is 1.14 bits per heavy atom. The van der Waals surface area contributed by atoms with E-state index in [2.05, 4.69) is 21.1 Å². The van der Waals surface area contributed by atoms with Crippen LogP contribution in [0, 0.1) is 13.8 Å². The van der Waals surface area contributed by atoms with Crippen LogP contribution < -0.4 is 14.6 Å². The van der Waals surface area contributed by atoms with Crippen LogP contribution >= 0.6 is 0 Å². The van der Waals surface area contributed by atoms with Gasteiger partial charge in [-0.15, -0.1) is 0 Å². The second-order valence-corrected chi connectivity index (χ2v) is 7.15. The third-order valence-electron chi connectivity index (χ3n) is 5.25. The number of pyridine rings is 1. The number of carbonyl (C=O) groups is 1. The van der Waals surface area contributed by atoms with E-state index in [0.717, 1.165) is 35.9 Å². The summed E-state index contributed by atoms with van der Waals surface area (Å²) < 4.78 is 11.1. The second-order valence-electron chi connectivity index (χ2n) is 7.15. The number of amides is 1. The molecule has 0 bridgehead atoms. The van der Waals surface area contributed by atoms with E-state index in [1.54, 1.807) is 6.07 Å². The Bertz CT molecular complexity index is 959. The van der Waals surface area contributed by atoms with Crippen molar-refractivity contribution in [3.63, 3.8) is 0 Å². The summed E-state index contributed by atoms with van der Waals surface area (Å²) in [6, 6.07) is 13.4. The summed E-state index contributed by atoms with van der Waals surface area (Å²) in [5, 5.41) is 3.94. The van der Waals surface area contributed by atoms with E-state index < -0.39 is 0 Å². The fraction of sp³-hybridized carbons (Fsp3) is 0.318. The van der Waals surface area contributed by atoms with E-state index in [-0.39, 0.29) is 5.91 Å². The minimum atomic E-state index is 0.0319. The van der Waals surface area contributed by atoms with Crippen LogP contribution in [0.2, 0.25) is 0 Å². The molecule has 3 aromatic rings. The molecule has 0 spiro atoms. The highest BCUT2D eigenvalue weighted by Gasteiger charge is 2.26. The Morgan fingerprint density at radius 3 is 2.66 bits per heavy atom. The third kappa shape index (κ3) is 4.23. The molecular formula is C22H25N4O3+. The molecule has 1 amide bonds. The van der Waals surface area contributed by atoms with Crippen LogP contribution in [-0.4, -0.2) is 42.1 Å². The van der Waals surface area contributed by atoms with Crippen molar-refractivity contribution in [3.8, 4) is 5.75 Å². The number of ether oxygens (including phenoxy) is 1. The Morgan fingerprint density at radius 2 is 1.97 bits per heavy atom. The van der Waals surface area contributed by atoms with Crippen molar-refractivity contribution in [2.24, 2.45) is 0 Å². The minimum absolute atomic E-state index is 0.0319. The van der Waals surface area contributed by atoms with E-state index in [1.807, 2.05) is 55.3 Å². The molecule has 7 nitrogen and oxygen atoms in total. The first kappa shape index (κ1) is 19.0. The van der Waals surface area contributed by atoms with Gasteiger partial charge in [-0.1, -0.05) is 17.3 Å². The molecule has 0 saturated carbocycles. The molecule has 1 saturated heterocycles. The molecule has 0 aliphatic carbocycles. The van der Waals surface area contributed by atoms with E-state index in [0.29, 0.717) is 31.0 Å². The Balaban J connectivity index is 1.37. The first-order chi connectivity index (χ1) is 14.1. The van der Waals surface area contributed by atoms with E-state index in [4.69, 9.17) is 9.26 Å². The number of benzene rings is 1. The van der Waals surface area contributed by atoms with E-state index in [9.17, 15) is 4.79 Å². The van der Waals surface area contributed by atoms with E-state index in [1.165, 1.54) is 0 Å². The predicted molar refractivity (Wildman–Crippen MR) is 108 cm³/mol. The highest BCUT2D eigenvalue weighted by Crippen LogP contribution is 2.20. The molecule has 7 heteroatoms. The summed E-state index contributed by atoms with van der Waals surface area (Å²) >= 11 is 0. The molecule has 1 aliphatic rings. The molecule has 4 rings (SSSR count). The Kier molecular flexibility index (Phi) is 5.46. The number of aromatic nitrogens is 2. The molecule has 1 fully saturated rings. The molecule has 2 aromatic heterocycles. The average Bonchev–Trinajstić information content (AvgIpc) is 3.10. The summed E-state index contributed by atoms with van der Waals surface area (Å²) in [4.78, 5) is 20.4. The van der Waals surface area contributed by atoms with Crippen LogP contribution in [-0.2, 0) is 6.61 Å². The standard InChI is InChI=1S/C22H24N4O3/c1-16-20(17(2)29-24-16)15-28-19-7-5-6-18(14-19)22(27)26-12-10-25(11-13-26)21-8-3-4-9-23-21/h3-9,14H,10-13,15H2,1-2H3/p+1. The van der Waals surface area contributed by atoms with Crippen LogP contribution in [0.15, 0.2) is 53.2 Å². The molecule has 150 valence electrons. The lowest BCUT2D eigenvalue weighted by molar-refractivity contribution is -0.364. The van der Waals surface area contributed by atoms with Crippen molar-refractivity contribution in [1.82, 2.24) is 10.1 Å². The number of H-pyrrole nitrogens is 1. The zero-order valence-corrected chi connectivity index (χ0v) is 16.7. The summed E-state index contributed by atoms with van der Waals surface area (Å²) in [6.45, 7) is 7.10. The summed E-state index contributed by atoms with van der Waals surface area (Å²) in [6.07, 6.45) is 1.92. The molecule has 1 aromatic carbocycles. The molecule has 0 radical (unpaired) electrons. The smallest absolute Gasteiger partial charge is 0.274 e. The number of aromatic amines is 1. The number of nitrogens with zero attached hydrogens (tertiary/aromatic N) is 3. The van der Waals surface area contributed by atoms with Crippen LogP contribution in [0.3, 0.4) is 0 Å². The minimum Gasteiger partial charge on any atom is -0.489 e. The number of rotatable bonds is 5. The van der Waals surface area contributed by atoms with Gasteiger partial charge in [0.15, 0.2) is 0 Å². The van der Waals surface area contributed by atoms with Crippen molar-refractivity contribution in [2.45, 2.75) is 20.5 Å². The number of carbonyl (C=O) groups excluding carboxylic acids is 1. The number of piperazine rings is 1. The first-order valence-corrected chi connectivity index (χ1v) is 9.77. The summed E-state index contributed by atoms with van der Waals surface area (Å²) in [5.74, 6) is 2.52. The second kappa shape index (κ2) is 8.34. The Hall–Kier alpha value is -3.35. The van der Waals surface area contributed by atoms with Crippen LogP contribution in [0.4, 0.5) is 5.82 Å². The lowest BCUT2D eigenvalue weighted by Crippen LogP contribution is -2.50. The van der Waals surface area contributed by atoms with Gasteiger partial charge >= 0.3 is 0 Å². The lowest BCUT2D eigenvalue weighted by Gasteiger charge is -2.31. The SMILES string of the molecule is Cc1noc(C)c1COc1cccc(C(=O)N2CCN(c3cccc[nH+]3)CC2)c1. The van der Waals surface area contributed by atoms with Gasteiger partial charge in [0, 0.05) is 11.6 Å². The molecule has 29 heavy (non-hydrogen) atoms. The van der Waals surface area contributed by atoms with Gasteiger partial charge in [0.25, 0.3) is 11.7 Å². The number of hydrogen-bond acceptors (Lipinski definition) is 5. The predicted octanol–water partition coefficient (Wildman–Crippen LogP) is 2.65. The van der Waals surface area contributed by atoms with Gasteiger partial charge in [0.2, 0.25) is 0 Å². The number of nitrogens with one attached hydrogen (secondary N) is 1. The average molecular weight is 393 g/mol. The maximum absolute atomic E-state index is 13.0. The van der Waals surface area contributed by atoms with Crippen LogP contribution in [0.1, 0.15) is 27.4 Å². The van der Waals surface area contributed by atoms with Crippen molar-refractivity contribution >= 4 is 11.7 Å². The first-order valence-electron chi connectivity index (χ1n) is 9.77. The van der Waals surface area contributed by atoms with Gasteiger partial charge in [0.05, 0.1) is 30.5 Å². The van der Waals surface area contributed by atoms with Gasteiger partial charge in [0.1, 0.15) is 31.2 Å². The normalized spacial score (nSPS) is 14.1. The van der Waals surface area contributed by atoms with Gasteiger partial charge in [-0.25, -0.2) is 4.98 Å². The van der Waals surface area contributed by atoms with Gasteiger partial charge in [-0.05, 0) is 38.1 Å². The van der Waals surface area contributed by atoms with Gasteiger partial charge < -0.3 is 14.2 Å². The third-order valence-corrected chi connectivity index (χ3v) is 5.25. The number of aryl methyl sites for hydroxylation is 2. The number of anilines is 1. The quantitative estimate of drug-likeness (QED) is 0.666. The Labute approximate surface area is 169 Å². The van der Waals surface area contributed by atoms with Crippen LogP contribution in [0.25, 0.3) is 0 Å². The van der Waals surface area contributed by atoms with Gasteiger partial charge in [-0.3, -0.25) is 9.69 Å². The zero-order valence-electron chi connectivity index (χ0n) is 16.7. The fourth-order valence-corrected chi connectivity index (χ4v) is 3.50. The fourth-order valence-electron chi connectivity index (χ4n) is 3.50. The van der Waals surface area contributed by atoms with Crippen LogP contribution in [0.5, 0.6) is 5.75 Å². The molecule has 1 N–H and O–H groups in total. The maximum Gasteiger partial charge on any atom is 0.274 e. The summed E-state index contributed by atoms with van der Waals surface area (Å²) in [5.41, 5.74) is 2.40. The zero-order chi connectivity index (χ0) is 20.2. The van der Waals surface area contributed by atoms with E-state index >= 15 is 0 Å². The number of hydrogen-bond donors (Lipinski definition) is 0. The summed E-state index contributed by atoms with van der Waals surface area (Å²) in [7, 11) is 0. The highest BCUT2D eigenvalue weighted by molar-refractivity contribution is 5.94. The topological polar surface area (TPSA) is 73.0 Å².